The van der Waals surface area contributed by atoms with E-state index in [1.165, 1.54) is 0 Å². The third kappa shape index (κ3) is 3.15. The normalized spacial score (nSPS) is 21.4. The smallest absolute Gasteiger partial charge is 0.259 e. The molecule has 0 unspecified atom stereocenters. The maximum absolute atomic E-state index is 13.0. The molecule has 0 saturated carbocycles. The summed E-state index contributed by atoms with van der Waals surface area (Å²) in [6.07, 6.45) is 0.567. The van der Waals surface area contributed by atoms with Crippen molar-refractivity contribution in [3.8, 4) is 0 Å². The van der Waals surface area contributed by atoms with Gasteiger partial charge in [0.15, 0.2) is 0 Å². The summed E-state index contributed by atoms with van der Waals surface area (Å²) in [5.74, 6) is 0.568. The van der Waals surface area contributed by atoms with E-state index in [9.17, 15) is 4.79 Å². The highest BCUT2D eigenvalue weighted by atomic mass is 16.5. The molecule has 1 aliphatic heterocycles. The second-order valence-corrected chi connectivity index (χ2v) is 5.97. The largest absolute Gasteiger partial charge is 0.367 e. The Balaban J connectivity index is 1.84. The third-order valence-corrected chi connectivity index (χ3v) is 4.20. The first-order valence-electron chi connectivity index (χ1n) is 8.05. The van der Waals surface area contributed by atoms with Gasteiger partial charge in [-0.2, -0.15) is 0 Å². The van der Waals surface area contributed by atoms with Gasteiger partial charge in [0.2, 0.25) is 0 Å². The molecule has 5 nitrogen and oxygen atoms in total. The number of aryl methyl sites for hydroxylation is 2. The van der Waals surface area contributed by atoms with Crippen LogP contribution in [0.3, 0.4) is 0 Å². The van der Waals surface area contributed by atoms with Crippen molar-refractivity contribution < 1.29 is 14.1 Å². The Morgan fingerprint density at radius 3 is 2.74 bits per heavy atom. The van der Waals surface area contributed by atoms with Crippen molar-refractivity contribution in [3.05, 3.63) is 52.9 Å². The van der Waals surface area contributed by atoms with Crippen LogP contribution in [0.15, 0.2) is 34.9 Å². The highest BCUT2D eigenvalue weighted by Crippen LogP contribution is 2.27. The van der Waals surface area contributed by atoms with Crippen LogP contribution < -0.4 is 0 Å². The number of amides is 1. The van der Waals surface area contributed by atoms with Gasteiger partial charge in [-0.15, -0.1) is 0 Å². The Morgan fingerprint density at radius 1 is 1.30 bits per heavy atom. The minimum Gasteiger partial charge on any atom is -0.367 e. The van der Waals surface area contributed by atoms with Crippen LogP contribution in [0.25, 0.3) is 0 Å². The number of hydrogen-bond acceptors (Lipinski definition) is 4. The van der Waals surface area contributed by atoms with Gasteiger partial charge in [0, 0.05) is 6.54 Å². The number of benzene rings is 1. The standard InChI is InChI=1S/C18H22N2O3/c1-4-15-17(13(3)23-19-15)18(21)20-10-12(2)22-16(11-20)14-8-6-5-7-9-14/h5-9,12,16H,4,10-11H2,1-3H3/t12-,16+/m1/s1. The van der Waals surface area contributed by atoms with Gasteiger partial charge in [0.25, 0.3) is 5.91 Å². The molecule has 2 atom stereocenters. The van der Waals surface area contributed by atoms with Crippen LogP contribution in [0.4, 0.5) is 0 Å². The van der Waals surface area contributed by atoms with E-state index in [2.05, 4.69) is 5.16 Å². The molecule has 1 aromatic heterocycles. The molecular formula is C18H22N2O3. The Labute approximate surface area is 136 Å². The molecule has 0 aliphatic carbocycles. The van der Waals surface area contributed by atoms with Crippen LogP contribution in [-0.4, -0.2) is 35.2 Å². The van der Waals surface area contributed by atoms with Crippen molar-refractivity contribution in [2.45, 2.75) is 39.4 Å². The molecule has 1 amide bonds. The number of ether oxygens (including phenoxy) is 1. The topological polar surface area (TPSA) is 55.6 Å². The Hall–Kier alpha value is -2.14. The monoisotopic (exact) mass is 314 g/mol. The minimum atomic E-state index is -0.103. The number of morpholine rings is 1. The minimum absolute atomic E-state index is 0.0110. The van der Waals surface area contributed by atoms with Gasteiger partial charge in [0.05, 0.1) is 18.3 Å². The molecular weight excluding hydrogens is 292 g/mol. The SMILES string of the molecule is CCc1noc(C)c1C(=O)N1C[C@@H](C)O[C@H](c2ccccc2)C1. The molecule has 3 rings (SSSR count). The highest BCUT2D eigenvalue weighted by Gasteiger charge is 2.32. The van der Waals surface area contributed by atoms with Crippen LogP contribution in [-0.2, 0) is 11.2 Å². The van der Waals surface area contributed by atoms with Crippen LogP contribution >= 0.6 is 0 Å². The molecule has 23 heavy (non-hydrogen) atoms. The third-order valence-electron chi connectivity index (χ3n) is 4.20. The number of rotatable bonds is 3. The summed E-state index contributed by atoms with van der Waals surface area (Å²) in [5, 5.41) is 3.99. The first-order chi connectivity index (χ1) is 11.1. The van der Waals surface area contributed by atoms with E-state index in [0.717, 1.165) is 11.3 Å². The molecule has 1 aromatic carbocycles. The van der Waals surface area contributed by atoms with Crippen molar-refractivity contribution in [3.63, 3.8) is 0 Å². The molecule has 0 N–H and O–H groups in total. The molecule has 0 spiro atoms. The van der Waals surface area contributed by atoms with Gasteiger partial charge in [-0.3, -0.25) is 4.79 Å². The summed E-state index contributed by atoms with van der Waals surface area (Å²) in [7, 11) is 0. The Kier molecular flexibility index (Phi) is 4.48. The van der Waals surface area contributed by atoms with Crippen LogP contribution in [0.1, 0.15) is 47.3 Å². The van der Waals surface area contributed by atoms with Gasteiger partial charge >= 0.3 is 0 Å². The molecule has 5 heteroatoms. The first kappa shape index (κ1) is 15.7. The average Bonchev–Trinajstić information content (AvgIpc) is 2.95. The summed E-state index contributed by atoms with van der Waals surface area (Å²) in [4.78, 5) is 14.8. The van der Waals surface area contributed by atoms with Crippen molar-refractivity contribution in [2.75, 3.05) is 13.1 Å². The average molecular weight is 314 g/mol. The van der Waals surface area contributed by atoms with Gasteiger partial charge in [-0.25, -0.2) is 0 Å². The van der Waals surface area contributed by atoms with Gasteiger partial charge in [-0.1, -0.05) is 42.4 Å². The van der Waals surface area contributed by atoms with E-state index in [1.54, 1.807) is 6.92 Å². The van der Waals surface area contributed by atoms with E-state index >= 15 is 0 Å². The van der Waals surface area contributed by atoms with E-state index in [-0.39, 0.29) is 18.1 Å². The summed E-state index contributed by atoms with van der Waals surface area (Å²) in [6, 6.07) is 10.0. The van der Waals surface area contributed by atoms with Crippen LogP contribution in [0.2, 0.25) is 0 Å². The fraction of sp³-hybridized carbons (Fsp3) is 0.444. The second kappa shape index (κ2) is 6.54. The molecule has 1 saturated heterocycles. The molecule has 0 radical (unpaired) electrons. The van der Waals surface area contributed by atoms with E-state index in [4.69, 9.17) is 9.26 Å². The number of nitrogens with zero attached hydrogens (tertiary/aromatic N) is 2. The lowest BCUT2D eigenvalue weighted by molar-refractivity contribution is -0.0692. The van der Waals surface area contributed by atoms with E-state index in [0.29, 0.717) is 30.8 Å². The number of hydrogen-bond donors (Lipinski definition) is 0. The van der Waals surface area contributed by atoms with Crippen molar-refractivity contribution >= 4 is 5.91 Å². The predicted molar refractivity (Wildman–Crippen MR) is 86.3 cm³/mol. The van der Waals surface area contributed by atoms with E-state index in [1.807, 2.05) is 49.1 Å². The number of carbonyl (C=O) groups excluding carboxylic acids is 1. The van der Waals surface area contributed by atoms with Crippen LogP contribution in [0.5, 0.6) is 0 Å². The fourth-order valence-corrected chi connectivity index (χ4v) is 3.06. The lowest BCUT2D eigenvalue weighted by Crippen LogP contribution is -2.46. The maximum atomic E-state index is 13.0. The first-order valence-corrected chi connectivity index (χ1v) is 8.05. The quantitative estimate of drug-likeness (QED) is 0.873. The summed E-state index contributed by atoms with van der Waals surface area (Å²) >= 11 is 0. The van der Waals surface area contributed by atoms with Crippen LogP contribution in [0, 0.1) is 6.92 Å². The Bertz CT molecular complexity index is 681. The summed E-state index contributed by atoms with van der Waals surface area (Å²) in [6.45, 7) is 6.88. The number of aromatic nitrogens is 1. The zero-order chi connectivity index (χ0) is 16.4. The molecule has 2 heterocycles. The highest BCUT2D eigenvalue weighted by molar-refractivity contribution is 5.96. The molecule has 1 fully saturated rings. The van der Waals surface area contributed by atoms with E-state index < -0.39 is 0 Å². The number of carbonyl (C=O) groups is 1. The lowest BCUT2D eigenvalue weighted by Gasteiger charge is -2.37. The van der Waals surface area contributed by atoms with Gasteiger partial charge < -0.3 is 14.2 Å². The molecule has 2 aromatic rings. The van der Waals surface area contributed by atoms with Crippen molar-refractivity contribution in [1.82, 2.24) is 10.1 Å². The predicted octanol–water partition coefficient (Wildman–Crippen LogP) is 3.15. The zero-order valence-corrected chi connectivity index (χ0v) is 13.8. The zero-order valence-electron chi connectivity index (χ0n) is 13.8. The molecule has 0 bridgehead atoms. The lowest BCUT2D eigenvalue weighted by atomic mass is 10.0. The van der Waals surface area contributed by atoms with Crippen molar-refractivity contribution in [1.29, 1.82) is 0 Å². The van der Waals surface area contributed by atoms with Crippen molar-refractivity contribution in [2.24, 2.45) is 0 Å². The summed E-state index contributed by atoms with van der Waals surface area (Å²) in [5.41, 5.74) is 2.42. The molecule has 122 valence electrons. The van der Waals surface area contributed by atoms with Gasteiger partial charge in [-0.05, 0) is 25.8 Å². The fourth-order valence-electron chi connectivity index (χ4n) is 3.06. The maximum Gasteiger partial charge on any atom is 0.259 e. The summed E-state index contributed by atoms with van der Waals surface area (Å²) < 4.78 is 11.2. The van der Waals surface area contributed by atoms with Gasteiger partial charge in [0.1, 0.15) is 17.4 Å². The Morgan fingerprint density at radius 2 is 2.04 bits per heavy atom. The second-order valence-electron chi connectivity index (χ2n) is 5.97. The molecule has 1 aliphatic rings.